The zero-order chi connectivity index (χ0) is 68.2. The quantitative estimate of drug-likeness (QED) is 0.0473. The summed E-state index contributed by atoms with van der Waals surface area (Å²) in [6.07, 6.45) is 0. The van der Waals surface area contributed by atoms with Gasteiger partial charge in [0.2, 0.25) is 0 Å². The Hall–Kier alpha value is -11.6. The lowest BCUT2D eigenvalue weighted by Crippen LogP contribution is -2.14. The predicted molar refractivity (Wildman–Crippen MR) is 395 cm³/mol. The normalized spacial score (nSPS) is 11.1. The van der Waals surface area contributed by atoms with Crippen molar-refractivity contribution in [3.05, 3.63) is 355 Å². The molecule has 0 saturated heterocycles. The number of nitrogens with zero attached hydrogens (tertiary/aromatic N) is 3. The first kappa shape index (κ1) is 65.5. The molecule has 12 aromatic carbocycles. The summed E-state index contributed by atoms with van der Waals surface area (Å²) >= 11 is 0. The number of hydrogen-bond acceptors (Lipinski definition) is 9. The van der Waals surface area contributed by atoms with E-state index >= 15 is 0 Å². The fourth-order valence-electron chi connectivity index (χ4n) is 12.7. The lowest BCUT2D eigenvalue weighted by molar-refractivity contribution is 0.0723. The molecule has 0 radical (unpaired) electrons. The van der Waals surface area contributed by atoms with Crippen LogP contribution in [-0.2, 0) is 0 Å². The molecule has 9 nitrogen and oxygen atoms in total. The molecule has 482 valence electrons. The minimum absolute atomic E-state index is 0.390. The minimum atomic E-state index is -0.475. The Balaban J connectivity index is 0.845. The van der Waals surface area contributed by atoms with Crippen LogP contribution in [0, 0.1) is 83.1 Å². The first-order valence-electron chi connectivity index (χ1n) is 32.8. The number of carbonyl (C=O) groups excluding carboxylic acids is 3. The fraction of sp³-hybridized carbons (Fsp3) is 0.148. The van der Waals surface area contributed by atoms with Crippen LogP contribution >= 0.6 is 0 Å². The summed E-state index contributed by atoms with van der Waals surface area (Å²) in [6.45, 7) is 24.2. The van der Waals surface area contributed by atoms with Crippen LogP contribution < -0.4 is 28.9 Å². The van der Waals surface area contributed by atoms with Gasteiger partial charge in [0.05, 0.1) is 16.7 Å². The van der Waals surface area contributed by atoms with E-state index in [-0.39, 0.29) is 5.92 Å². The molecule has 0 atom stereocenters. The summed E-state index contributed by atoms with van der Waals surface area (Å²) < 4.78 is 19.0. The van der Waals surface area contributed by atoms with Crippen molar-refractivity contribution in [2.45, 2.75) is 89.0 Å². The topological polar surface area (TPSA) is 88.6 Å². The minimum Gasteiger partial charge on any atom is -0.422 e. The van der Waals surface area contributed by atoms with Crippen LogP contribution in [0.25, 0.3) is 0 Å². The Bertz CT molecular complexity index is 4150. The van der Waals surface area contributed by atoms with E-state index in [4.69, 9.17) is 14.2 Å². The van der Waals surface area contributed by atoms with E-state index in [0.29, 0.717) is 33.9 Å². The number of carbonyl (C=O) groups is 3. The molecule has 0 fully saturated rings. The molecule has 0 aliphatic heterocycles. The lowest BCUT2D eigenvalue weighted by atomic mass is 9.81. The van der Waals surface area contributed by atoms with Gasteiger partial charge in [-0.2, -0.15) is 0 Å². The highest BCUT2D eigenvalue weighted by Crippen LogP contribution is 2.43. The molecular weight excluding hydrogens is 1190 g/mol. The summed E-state index contributed by atoms with van der Waals surface area (Å²) in [4.78, 5) is 49.3. The predicted octanol–water partition coefficient (Wildman–Crippen LogP) is 22.6. The maximum absolute atomic E-state index is 14.2. The second-order valence-corrected chi connectivity index (χ2v) is 25.7. The number of benzene rings is 12. The second-order valence-electron chi connectivity index (χ2n) is 25.7. The number of rotatable bonds is 18. The van der Waals surface area contributed by atoms with Crippen LogP contribution in [0.5, 0.6) is 17.2 Å². The van der Waals surface area contributed by atoms with E-state index < -0.39 is 17.9 Å². The van der Waals surface area contributed by atoms with E-state index in [9.17, 15) is 14.4 Å². The number of esters is 3. The monoisotopic (exact) mass is 1270 g/mol. The summed E-state index contributed by atoms with van der Waals surface area (Å²) in [7, 11) is 0. The maximum Gasteiger partial charge on any atom is 0.343 e. The van der Waals surface area contributed by atoms with Gasteiger partial charge in [-0.1, -0.05) is 143 Å². The van der Waals surface area contributed by atoms with Crippen molar-refractivity contribution in [2.24, 2.45) is 0 Å². The highest BCUT2D eigenvalue weighted by atomic mass is 16.5. The fourth-order valence-corrected chi connectivity index (χ4v) is 12.7. The van der Waals surface area contributed by atoms with Gasteiger partial charge in [0.1, 0.15) is 17.2 Å². The molecule has 12 aromatic rings. The zero-order valence-corrected chi connectivity index (χ0v) is 57.1. The van der Waals surface area contributed by atoms with E-state index in [1.54, 1.807) is 0 Å². The van der Waals surface area contributed by atoms with E-state index in [0.717, 1.165) is 135 Å². The van der Waals surface area contributed by atoms with Crippen molar-refractivity contribution in [3.63, 3.8) is 0 Å². The molecule has 0 amide bonds. The summed E-state index contributed by atoms with van der Waals surface area (Å²) in [5.74, 6) is -0.402. The van der Waals surface area contributed by atoms with Gasteiger partial charge < -0.3 is 28.9 Å². The van der Waals surface area contributed by atoms with E-state index in [2.05, 4.69) is 238 Å². The number of hydrogen-bond donors (Lipinski definition) is 0. The van der Waals surface area contributed by atoms with E-state index in [1.165, 1.54) is 0 Å². The Kier molecular flexibility index (Phi) is 19.0. The number of ether oxygens (including phenoxy) is 3. The highest BCUT2D eigenvalue weighted by Gasteiger charge is 2.27. The maximum atomic E-state index is 14.2. The van der Waals surface area contributed by atoms with E-state index in [1.807, 2.05) is 114 Å². The summed E-state index contributed by atoms with van der Waals surface area (Å²) in [5, 5.41) is 0. The standard InChI is InChI=1S/C88H79N3O6/c1-55-13-31-73(32-14-55)89(74-33-15-56(2)16-34-74)79-43-25-67(26-44-79)86(92)95-83-61(7)49-70(50-62(83)8)82(71-51-63(9)84(64(10)52-71)96-87(93)68-27-45-80(46-28-68)90(75-35-17-57(3)18-36-75)76-37-19-58(4)20-38-76)72-53-65(11)85(66(12)54-72)97-88(94)69-29-47-81(48-30-69)91(77-39-21-59(5)22-40-77)78-41-23-60(6)24-42-78/h13-54,82H,1-12H3. The van der Waals surface area contributed by atoms with Gasteiger partial charge >= 0.3 is 17.9 Å². The molecule has 12 rings (SSSR count). The molecule has 0 saturated carbocycles. The van der Waals surface area contributed by atoms with Gasteiger partial charge in [0.15, 0.2) is 0 Å². The Morgan fingerprint density at radius 1 is 0.227 bits per heavy atom. The molecule has 0 spiro atoms. The smallest absolute Gasteiger partial charge is 0.343 e. The largest absolute Gasteiger partial charge is 0.422 e. The Labute approximate surface area is 570 Å². The highest BCUT2D eigenvalue weighted by molar-refractivity contribution is 5.94. The molecular formula is C88H79N3O6. The van der Waals surface area contributed by atoms with Crippen LogP contribution in [0.1, 0.15) is 120 Å². The zero-order valence-electron chi connectivity index (χ0n) is 57.1. The van der Waals surface area contributed by atoms with Crippen LogP contribution in [-0.4, -0.2) is 17.9 Å². The average Bonchev–Trinajstić information content (AvgIpc) is 0.793. The SMILES string of the molecule is Cc1ccc(N(c2ccc(C)cc2)c2ccc(C(=O)Oc3c(C)cc(C(c4cc(C)c(OC(=O)c5ccc(N(c6ccc(C)cc6)c6ccc(C)cc6)cc5)c(C)c4)c4cc(C)c(OC(=O)c5ccc(N(c6ccc(C)cc6)c6ccc(C)cc6)cc5)c(C)c4)cc3C)cc2)cc1. The molecule has 0 aromatic heterocycles. The number of aryl methyl sites for hydroxylation is 12. The van der Waals surface area contributed by atoms with Gasteiger partial charge in [-0.15, -0.1) is 0 Å². The number of anilines is 9. The van der Waals surface area contributed by atoms with Crippen molar-refractivity contribution in [1.82, 2.24) is 0 Å². The third-order valence-corrected chi connectivity index (χ3v) is 17.9. The van der Waals surface area contributed by atoms with Gasteiger partial charge in [-0.25, -0.2) is 14.4 Å². The first-order chi connectivity index (χ1) is 46.7. The van der Waals surface area contributed by atoms with Crippen LogP contribution in [0.2, 0.25) is 0 Å². The van der Waals surface area contributed by atoms with Crippen molar-refractivity contribution >= 4 is 69.1 Å². The summed E-state index contributed by atoms with van der Waals surface area (Å²) in [5.41, 5.74) is 24.4. The molecule has 97 heavy (non-hydrogen) atoms. The van der Waals surface area contributed by atoms with Crippen molar-refractivity contribution < 1.29 is 28.6 Å². The van der Waals surface area contributed by atoms with Gasteiger partial charge in [-0.05, 0) is 279 Å². The Morgan fingerprint density at radius 2 is 0.371 bits per heavy atom. The van der Waals surface area contributed by atoms with Crippen molar-refractivity contribution in [3.8, 4) is 17.2 Å². The third kappa shape index (κ3) is 14.6. The molecule has 0 N–H and O–H groups in total. The van der Waals surface area contributed by atoms with Crippen LogP contribution in [0.4, 0.5) is 51.2 Å². The van der Waals surface area contributed by atoms with Crippen LogP contribution in [0.3, 0.4) is 0 Å². The lowest BCUT2D eigenvalue weighted by Gasteiger charge is -2.26. The second kappa shape index (κ2) is 28.2. The molecule has 0 aliphatic carbocycles. The van der Waals surface area contributed by atoms with Gasteiger partial charge in [-0.3, -0.25) is 0 Å². The molecule has 0 aliphatic rings. The molecule has 9 heteroatoms. The molecule has 0 unspecified atom stereocenters. The third-order valence-electron chi connectivity index (χ3n) is 17.9. The first-order valence-corrected chi connectivity index (χ1v) is 32.8. The van der Waals surface area contributed by atoms with Gasteiger partial charge in [0.25, 0.3) is 0 Å². The molecule has 0 heterocycles. The van der Waals surface area contributed by atoms with Crippen molar-refractivity contribution in [2.75, 3.05) is 14.7 Å². The molecule has 0 bridgehead atoms. The van der Waals surface area contributed by atoms with Gasteiger partial charge in [0, 0.05) is 57.1 Å². The average molecular weight is 1270 g/mol. The Morgan fingerprint density at radius 3 is 0.526 bits per heavy atom. The summed E-state index contributed by atoms with van der Waals surface area (Å²) in [6, 6.07) is 85.4. The van der Waals surface area contributed by atoms with Crippen molar-refractivity contribution in [1.29, 1.82) is 0 Å². The van der Waals surface area contributed by atoms with Crippen LogP contribution in [0.15, 0.2) is 255 Å².